The molecule has 0 saturated carbocycles. The lowest BCUT2D eigenvalue weighted by Crippen LogP contribution is -2.42. The average molecular weight is 510 g/mol. The summed E-state index contributed by atoms with van der Waals surface area (Å²) in [4.78, 5) is 15.5. The Balaban J connectivity index is 1.72. The van der Waals surface area contributed by atoms with E-state index in [1.165, 1.54) is 0 Å². The molecule has 33 heavy (non-hydrogen) atoms. The van der Waals surface area contributed by atoms with Gasteiger partial charge in [0.15, 0.2) is 11.5 Å². The van der Waals surface area contributed by atoms with Gasteiger partial charge in [0.05, 0.1) is 20.3 Å². The first-order valence-corrected chi connectivity index (χ1v) is 11.7. The summed E-state index contributed by atoms with van der Waals surface area (Å²) in [5, 5.41) is 0. The smallest absolute Gasteiger partial charge is 0.254 e. The maximum Gasteiger partial charge on any atom is 0.254 e. The van der Waals surface area contributed by atoms with Gasteiger partial charge >= 0.3 is 0 Å². The number of benzene rings is 3. The van der Waals surface area contributed by atoms with E-state index in [1.54, 1.807) is 14.2 Å². The van der Waals surface area contributed by atoms with Gasteiger partial charge in [0, 0.05) is 16.6 Å². The molecule has 3 aromatic rings. The minimum absolute atomic E-state index is 0.0224. The normalized spacial score (nSPS) is 15.1. The van der Waals surface area contributed by atoms with Gasteiger partial charge in [-0.3, -0.25) is 4.79 Å². The largest absolute Gasteiger partial charge is 0.493 e. The van der Waals surface area contributed by atoms with Crippen LogP contribution in [0.25, 0.3) is 0 Å². The monoisotopic (exact) mass is 509 g/mol. The lowest BCUT2D eigenvalue weighted by Gasteiger charge is -2.37. The number of carbonyl (C=O) groups excluding carboxylic acids is 1. The second-order valence-electron chi connectivity index (χ2n) is 8.32. The van der Waals surface area contributed by atoms with E-state index in [0.29, 0.717) is 30.2 Å². The zero-order valence-electron chi connectivity index (χ0n) is 19.4. The first kappa shape index (κ1) is 23.2. The van der Waals surface area contributed by atoms with Gasteiger partial charge in [-0.15, -0.1) is 0 Å². The molecule has 3 aromatic carbocycles. The molecule has 172 valence electrons. The molecule has 0 spiro atoms. The Hall–Kier alpha value is -2.99. The third-order valence-corrected chi connectivity index (χ3v) is 6.43. The van der Waals surface area contributed by atoms with Crippen molar-refractivity contribution < 1.29 is 19.0 Å². The van der Waals surface area contributed by atoms with Gasteiger partial charge in [-0.2, -0.15) is 0 Å². The highest BCUT2D eigenvalue weighted by Crippen LogP contribution is 2.39. The zero-order valence-corrected chi connectivity index (χ0v) is 20.9. The van der Waals surface area contributed by atoms with Crippen LogP contribution >= 0.6 is 15.9 Å². The predicted octanol–water partition coefficient (Wildman–Crippen LogP) is 5.90. The number of carbonyl (C=O) groups is 1. The van der Waals surface area contributed by atoms with E-state index in [9.17, 15) is 4.79 Å². The molecule has 4 rings (SSSR count). The van der Waals surface area contributed by atoms with E-state index in [2.05, 4.69) is 35.8 Å². The molecule has 1 heterocycles. The predicted molar refractivity (Wildman–Crippen MR) is 133 cm³/mol. The van der Waals surface area contributed by atoms with E-state index < -0.39 is 0 Å². The molecule has 0 aliphatic carbocycles. The summed E-state index contributed by atoms with van der Waals surface area (Å²) in [6.45, 7) is 5.03. The number of aryl methyl sites for hydroxylation is 2. The average Bonchev–Trinajstić information content (AvgIpc) is 2.80. The molecule has 0 bridgehead atoms. The lowest BCUT2D eigenvalue weighted by atomic mass is 9.91. The summed E-state index contributed by atoms with van der Waals surface area (Å²) in [6, 6.07) is 17.4. The third-order valence-electron chi connectivity index (χ3n) is 5.94. The van der Waals surface area contributed by atoms with Gasteiger partial charge < -0.3 is 19.1 Å². The van der Waals surface area contributed by atoms with Crippen LogP contribution in [0, 0.1) is 13.8 Å². The van der Waals surface area contributed by atoms with Crippen LogP contribution in [0.4, 0.5) is 0 Å². The number of nitrogens with zero attached hydrogens (tertiary/aromatic N) is 1. The topological polar surface area (TPSA) is 48.0 Å². The number of halogens is 1. The molecule has 1 unspecified atom stereocenters. The number of amides is 1. The van der Waals surface area contributed by atoms with Gasteiger partial charge in [0.25, 0.3) is 5.91 Å². The Kier molecular flexibility index (Phi) is 6.94. The van der Waals surface area contributed by atoms with Gasteiger partial charge in [-0.25, -0.2) is 0 Å². The molecule has 0 aromatic heterocycles. The molecule has 0 fully saturated rings. The van der Waals surface area contributed by atoms with Crippen molar-refractivity contribution in [2.75, 3.05) is 27.4 Å². The maximum absolute atomic E-state index is 13.6. The number of hydrogen-bond donors (Lipinski definition) is 0. The van der Waals surface area contributed by atoms with Crippen molar-refractivity contribution in [3.8, 4) is 17.2 Å². The van der Waals surface area contributed by atoms with Gasteiger partial charge in [0.1, 0.15) is 12.4 Å². The minimum Gasteiger partial charge on any atom is -0.493 e. The van der Waals surface area contributed by atoms with Crippen molar-refractivity contribution in [3.05, 3.63) is 86.9 Å². The van der Waals surface area contributed by atoms with Gasteiger partial charge in [-0.1, -0.05) is 28.1 Å². The van der Waals surface area contributed by atoms with Crippen molar-refractivity contribution in [1.29, 1.82) is 0 Å². The molecule has 1 atom stereocenters. The van der Waals surface area contributed by atoms with Crippen molar-refractivity contribution >= 4 is 21.8 Å². The highest BCUT2D eigenvalue weighted by atomic mass is 79.9. The standard InChI is InChI=1S/C27H28BrNO4/c1-17-10-18(2)12-22(11-17)33-16-24-23-15-26(32-4)25(31-3)14-19(23)8-9-29(24)27(30)20-6-5-7-21(28)13-20/h5-7,10-15,24H,8-9,16H2,1-4H3. The number of methoxy groups -OCH3 is 2. The number of ether oxygens (including phenoxy) is 3. The lowest BCUT2D eigenvalue weighted by molar-refractivity contribution is 0.0589. The summed E-state index contributed by atoms with van der Waals surface area (Å²) in [5.41, 5.74) is 5.08. The molecule has 6 heteroatoms. The Morgan fingerprint density at radius 2 is 1.70 bits per heavy atom. The maximum atomic E-state index is 13.6. The molecule has 0 N–H and O–H groups in total. The second kappa shape index (κ2) is 9.87. The van der Waals surface area contributed by atoms with Crippen LogP contribution in [0.1, 0.15) is 38.7 Å². The molecular weight excluding hydrogens is 482 g/mol. The summed E-state index contributed by atoms with van der Waals surface area (Å²) in [5.74, 6) is 2.11. The summed E-state index contributed by atoms with van der Waals surface area (Å²) in [7, 11) is 3.26. The second-order valence-corrected chi connectivity index (χ2v) is 9.23. The Morgan fingerprint density at radius 1 is 1.00 bits per heavy atom. The van der Waals surface area contributed by atoms with E-state index in [1.807, 2.05) is 53.4 Å². The molecular formula is C27H28BrNO4. The zero-order chi connectivity index (χ0) is 23.5. The Morgan fingerprint density at radius 3 is 2.36 bits per heavy atom. The van der Waals surface area contributed by atoms with Crippen molar-refractivity contribution in [1.82, 2.24) is 4.90 Å². The quantitative estimate of drug-likeness (QED) is 0.414. The number of rotatable bonds is 6. The first-order valence-electron chi connectivity index (χ1n) is 10.9. The SMILES string of the molecule is COc1cc2c(cc1OC)C(COc1cc(C)cc(C)c1)N(C(=O)c1cccc(Br)c1)CC2. The minimum atomic E-state index is -0.263. The Labute approximate surface area is 203 Å². The first-order chi connectivity index (χ1) is 15.9. The molecule has 0 radical (unpaired) electrons. The van der Waals surface area contributed by atoms with Crippen LogP contribution in [0.2, 0.25) is 0 Å². The summed E-state index contributed by atoms with van der Waals surface area (Å²) >= 11 is 3.48. The van der Waals surface area contributed by atoms with Crippen molar-refractivity contribution in [3.63, 3.8) is 0 Å². The van der Waals surface area contributed by atoms with Crippen LogP contribution < -0.4 is 14.2 Å². The fraction of sp³-hybridized carbons (Fsp3) is 0.296. The van der Waals surface area contributed by atoms with Gasteiger partial charge in [-0.05, 0) is 85.0 Å². The van der Waals surface area contributed by atoms with E-state index in [-0.39, 0.29) is 11.9 Å². The fourth-order valence-corrected chi connectivity index (χ4v) is 4.83. The Bertz CT molecular complexity index is 1160. The molecule has 0 saturated heterocycles. The summed E-state index contributed by atoms with van der Waals surface area (Å²) < 4.78 is 18.2. The molecule has 1 aliphatic heterocycles. The fourth-order valence-electron chi connectivity index (χ4n) is 4.43. The van der Waals surface area contributed by atoms with Gasteiger partial charge in [0.2, 0.25) is 0 Å². The highest BCUT2D eigenvalue weighted by Gasteiger charge is 2.33. The van der Waals surface area contributed by atoms with Crippen LogP contribution in [-0.4, -0.2) is 38.2 Å². The third kappa shape index (κ3) is 5.01. The van der Waals surface area contributed by atoms with E-state index in [4.69, 9.17) is 14.2 Å². The van der Waals surface area contributed by atoms with Crippen LogP contribution in [0.3, 0.4) is 0 Å². The van der Waals surface area contributed by atoms with Crippen LogP contribution in [-0.2, 0) is 6.42 Å². The highest BCUT2D eigenvalue weighted by molar-refractivity contribution is 9.10. The summed E-state index contributed by atoms with van der Waals surface area (Å²) in [6.07, 6.45) is 0.732. The van der Waals surface area contributed by atoms with Crippen molar-refractivity contribution in [2.45, 2.75) is 26.3 Å². The number of hydrogen-bond acceptors (Lipinski definition) is 4. The van der Waals surface area contributed by atoms with Crippen LogP contribution in [0.5, 0.6) is 17.2 Å². The molecule has 5 nitrogen and oxygen atoms in total. The van der Waals surface area contributed by atoms with Crippen LogP contribution in [0.15, 0.2) is 59.1 Å². The molecule has 1 amide bonds. The molecule has 1 aliphatic rings. The van der Waals surface area contributed by atoms with E-state index >= 15 is 0 Å². The van der Waals surface area contributed by atoms with E-state index in [0.717, 1.165) is 38.9 Å². The van der Waals surface area contributed by atoms with Crippen molar-refractivity contribution in [2.24, 2.45) is 0 Å². The number of fused-ring (bicyclic) bond motifs is 1.